The van der Waals surface area contributed by atoms with Crippen molar-refractivity contribution in [3.63, 3.8) is 0 Å². The zero-order valence-electron chi connectivity index (χ0n) is 19.6. The van der Waals surface area contributed by atoms with Crippen LogP contribution < -0.4 is 4.74 Å². The molecule has 0 aromatic heterocycles. The fourth-order valence-corrected chi connectivity index (χ4v) is 5.36. The van der Waals surface area contributed by atoms with E-state index >= 15 is 0 Å². The fourth-order valence-electron chi connectivity index (χ4n) is 5.36. The van der Waals surface area contributed by atoms with Gasteiger partial charge in [0.25, 0.3) is 0 Å². The normalized spacial score (nSPS) is 18.5. The van der Waals surface area contributed by atoms with Crippen molar-refractivity contribution in [3.8, 4) is 16.9 Å². The second-order valence-corrected chi connectivity index (χ2v) is 9.47. The number of fused-ring (bicyclic) bond motifs is 1. The molecule has 0 amide bonds. The molecule has 3 aromatic carbocycles. The summed E-state index contributed by atoms with van der Waals surface area (Å²) < 4.78 is 58.1. The van der Waals surface area contributed by atoms with Gasteiger partial charge in [0.15, 0.2) is 11.6 Å². The van der Waals surface area contributed by atoms with Crippen molar-refractivity contribution >= 4 is 10.8 Å². The van der Waals surface area contributed by atoms with Gasteiger partial charge in [-0.1, -0.05) is 75.4 Å². The monoisotopic (exact) mass is 472 g/mol. The third-order valence-electron chi connectivity index (χ3n) is 7.24. The summed E-state index contributed by atoms with van der Waals surface area (Å²) in [6.45, 7) is -0.972. The van der Waals surface area contributed by atoms with E-state index in [2.05, 4.69) is 23.8 Å². The quantitative estimate of drug-likeness (QED) is 0.222. The molecule has 5 heteroatoms. The molecule has 4 rings (SSSR count). The third kappa shape index (κ3) is 5.56. The summed E-state index contributed by atoms with van der Waals surface area (Å²) in [6.07, 6.45) is 11.6. The van der Waals surface area contributed by atoms with Gasteiger partial charge in [-0.2, -0.15) is 13.2 Å². The molecule has 182 valence electrons. The summed E-state index contributed by atoms with van der Waals surface area (Å²) in [6, 6.07) is 14.1. The molecule has 1 fully saturated rings. The molecule has 34 heavy (non-hydrogen) atoms. The maximum absolute atomic E-state index is 14.8. The Balaban J connectivity index is 1.51. The molecule has 3 aromatic rings. The number of halogens is 4. The highest BCUT2D eigenvalue weighted by molar-refractivity contribution is 5.97. The van der Waals surface area contributed by atoms with Crippen LogP contribution in [0.5, 0.6) is 5.75 Å². The minimum Gasteiger partial charge on any atom is -0.432 e. The van der Waals surface area contributed by atoms with Gasteiger partial charge in [-0.05, 0) is 71.6 Å². The lowest BCUT2D eigenvalue weighted by molar-refractivity contribution is -0.0525. The molecule has 1 aliphatic carbocycles. The molecule has 0 atom stereocenters. The van der Waals surface area contributed by atoms with Crippen LogP contribution in [0.4, 0.5) is 17.6 Å². The Hall–Kier alpha value is -2.56. The van der Waals surface area contributed by atoms with E-state index < -0.39 is 24.0 Å². The Morgan fingerprint density at radius 2 is 1.65 bits per heavy atom. The van der Waals surface area contributed by atoms with Gasteiger partial charge in [0, 0.05) is 5.56 Å². The van der Waals surface area contributed by atoms with Crippen LogP contribution in [0.1, 0.15) is 76.2 Å². The lowest BCUT2D eigenvalue weighted by Gasteiger charge is -2.29. The smallest absolute Gasteiger partial charge is 0.387 e. The van der Waals surface area contributed by atoms with Crippen molar-refractivity contribution in [3.05, 3.63) is 65.7 Å². The maximum Gasteiger partial charge on any atom is 0.387 e. The topological polar surface area (TPSA) is 9.23 Å². The highest BCUT2D eigenvalue weighted by Gasteiger charge is 2.23. The first kappa shape index (κ1) is 24.6. The van der Waals surface area contributed by atoms with E-state index in [-0.39, 0.29) is 5.56 Å². The summed E-state index contributed by atoms with van der Waals surface area (Å²) in [5, 5.41) is 1.76. The van der Waals surface area contributed by atoms with Crippen LogP contribution in [-0.4, -0.2) is 6.61 Å². The number of alkyl halides is 2. The highest BCUT2D eigenvalue weighted by atomic mass is 19.3. The molecule has 1 nitrogen and oxygen atoms in total. The number of ether oxygens (including phenoxy) is 1. The number of hydrogen-bond acceptors (Lipinski definition) is 1. The number of hydrogen-bond donors (Lipinski definition) is 0. The lowest BCUT2D eigenvalue weighted by atomic mass is 9.76. The number of rotatable bonds is 9. The van der Waals surface area contributed by atoms with E-state index in [9.17, 15) is 17.6 Å². The van der Waals surface area contributed by atoms with Crippen molar-refractivity contribution in [1.82, 2.24) is 0 Å². The molecule has 0 spiro atoms. The molecule has 0 unspecified atom stereocenters. The minimum absolute atomic E-state index is 0.0287. The van der Waals surface area contributed by atoms with Gasteiger partial charge >= 0.3 is 6.61 Å². The molecular weight excluding hydrogens is 440 g/mol. The largest absolute Gasteiger partial charge is 0.432 e. The SMILES string of the molecule is CCCCCCC1CCC(c2ccc3c(-c4ccc(OC(F)F)c(F)c4F)cccc3c2)CC1. The van der Waals surface area contributed by atoms with Crippen molar-refractivity contribution in [2.75, 3.05) is 0 Å². The lowest BCUT2D eigenvalue weighted by Crippen LogP contribution is -2.13. The van der Waals surface area contributed by atoms with Crippen molar-refractivity contribution < 1.29 is 22.3 Å². The number of unbranched alkanes of at least 4 members (excludes halogenated alkanes) is 3. The van der Waals surface area contributed by atoms with Crippen LogP contribution in [0.15, 0.2) is 48.5 Å². The van der Waals surface area contributed by atoms with Gasteiger partial charge in [-0.3, -0.25) is 0 Å². The Kier molecular flexibility index (Phi) is 8.12. The second kappa shape index (κ2) is 11.2. The number of benzene rings is 3. The maximum atomic E-state index is 14.8. The molecule has 1 saturated carbocycles. The molecular formula is C29H32F4O. The predicted molar refractivity (Wildman–Crippen MR) is 129 cm³/mol. The first-order chi connectivity index (χ1) is 16.5. The van der Waals surface area contributed by atoms with Gasteiger partial charge in [0.05, 0.1) is 0 Å². The molecule has 0 aliphatic heterocycles. The minimum atomic E-state index is -3.22. The predicted octanol–water partition coefficient (Wildman–Crippen LogP) is 9.63. The van der Waals surface area contributed by atoms with Gasteiger partial charge < -0.3 is 4.74 Å². The molecule has 0 bridgehead atoms. The summed E-state index contributed by atoms with van der Waals surface area (Å²) in [5.41, 5.74) is 1.85. The highest BCUT2D eigenvalue weighted by Crippen LogP contribution is 2.40. The van der Waals surface area contributed by atoms with Crippen LogP contribution in [0.2, 0.25) is 0 Å². The van der Waals surface area contributed by atoms with E-state index in [0.717, 1.165) is 22.8 Å². The Bertz CT molecular complexity index is 1100. The van der Waals surface area contributed by atoms with Gasteiger partial charge in [-0.15, -0.1) is 0 Å². The average Bonchev–Trinajstić information content (AvgIpc) is 2.84. The van der Waals surface area contributed by atoms with Crippen molar-refractivity contribution in [1.29, 1.82) is 0 Å². The van der Waals surface area contributed by atoms with Gasteiger partial charge in [-0.25, -0.2) is 4.39 Å². The zero-order valence-corrected chi connectivity index (χ0v) is 19.6. The first-order valence-corrected chi connectivity index (χ1v) is 12.4. The molecule has 1 aliphatic rings. The van der Waals surface area contributed by atoms with E-state index in [4.69, 9.17) is 0 Å². The first-order valence-electron chi connectivity index (χ1n) is 12.4. The Morgan fingerprint density at radius 3 is 2.38 bits per heavy atom. The molecule has 0 saturated heterocycles. The van der Waals surface area contributed by atoms with Crippen molar-refractivity contribution in [2.24, 2.45) is 5.92 Å². The standard InChI is InChI=1S/C29H32F4O/c1-2-3-4-5-7-19-10-12-20(13-11-19)21-14-15-23-22(18-21)8-6-9-24(23)25-16-17-26(34-29(32)33)28(31)27(25)30/h6,8-9,14-20,29H,2-5,7,10-13H2,1H3. The van der Waals surface area contributed by atoms with Crippen LogP contribution in [0.3, 0.4) is 0 Å². The summed E-state index contributed by atoms with van der Waals surface area (Å²) in [4.78, 5) is 0. The fraction of sp³-hybridized carbons (Fsp3) is 0.448. The summed E-state index contributed by atoms with van der Waals surface area (Å²) in [7, 11) is 0. The zero-order chi connectivity index (χ0) is 24.1. The summed E-state index contributed by atoms with van der Waals surface area (Å²) >= 11 is 0. The van der Waals surface area contributed by atoms with Crippen LogP contribution in [0, 0.1) is 17.6 Å². The van der Waals surface area contributed by atoms with Crippen LogP contribution in [-0.2, 0) is 0 Å². The molecule has 0 radical (unpaired) electrons. The van der Waals surface area contributed by atoms with Gasteiger partial charge in [0.2, 0.25) is 5.82 Å². The Morgan fingerprint density at radius 1 is 0.853 bits per heavy atom. The Labute approximate surface area is 199 Å². The van der Waals surface area contributed by atoms with Gasteiger partial charge in [0.1, 0.15) is 0 Å². The average molecular weight is 473 g/mol. The van der Waals surface area contributed by atoms with E-state index in [1.165, 1.54) is 69.4 Å². The van der Waals surface area contributed by atoms with Crippen LogP contribution in [0.25, 0.3) is 21.9 Å². The third-order valence-corrected chi connectivity index (χ3v) is 7.24. The summed E-state index contributed by atoms with van der Waals surface area (Å²) in [5.74, 6) is -2.01. The van der Waals surface area contributed by atoms with Crippen LogP contribution >= 0.6 is 0 Å². The second-order valence-electron chi connectivity index (χ2n) is 9.47. The van der Waals surface area contributed by atoms with E-state index in [1.54, 1.807) is 6.07 Å². The molecule has 0 heterocycles. The van der Waals surface area contributed by atoms with Crippen molar-refractivity contribution in [2.45, 2.75) is 77.2 Å². The molecule has 0 N–H and O–H groups in total. The van der Waals surface area contributed by atoms with E-state index in [0.29, 0.717) is 11.5 Å². The van der Waals surface area contributed by atoms with E-state index in [1.807, 2.05) is 18.2 Å².